The number of carbonyl (C=O) groups is 2. The van der Waals surface area contributed by atoms with Crippen LogP contribution in [0.15, 0.2) is 42.5 Å². The van der Waals surface area contributed by atoms with E-state index in [4.69, 9.17) is 9.84 Å². The van der Waals surface area contributed by atoms with E-state index in [1.54, 1.807) is 12.1 Å². The Labute approximate surface area is 137 Å². The Morgan fingerprint density at radius 2 is 1.79 bits per heavy atom. The van der Waals surface area contributed by atoms with Gasteiger partial charge in [0.1, 0.15) is 22.9 Å². The first-order valence-corrected chi connectivity index (χ1v) is 7.16. The molecule has 2 rings (SSSR count). The number of amides is 1. The highest BCUT2D eigenvalue weighted by Gasteiger charge is 2.14. The zero-order valence-electron chi connectivity index (χ0n) is 12.7. The van der Waals surface area contributed by atoms with E-state index in [0.29, 0.717) is 13.0 Å². The summed E-state index contributed by atoms with van der Waals surface area (Å²) in [5.41, 5.74) is 0.717. The van der Waals surface area contributed by atoms with Crippen LogP contribution in [0.3, 0.4) is 0 Å². The minimum absolute atomic E-state index is 0.146. The molecule has 0 heterocycles. The molecule has 6 nitrogen and oxygen atoms in total. The van der Waals surface area contributed by atoms with Crippen molar-refractivity contribution in [2.75, 3.05) is 13.2 Å². The molecule has 0 bridgehead atoms. The molecule has 0 saturated heterocycles. The first kappa shape index (κ1) is 17.3. The van der Waals surface area contributed by atoms with Crippen LogP contribution >= 0.6 is 0 Å². The van der Waals surface area contributed by atoms with Gasteiger partial charge in [0, 0.05) is 12.6 Å². The number of phenolic OH excluding ortho intramolecular Hbond substituents is 2. The van der Waals surface area contributed by atoms with Crippen molar-refractivity contribution >= 4 is 11.9 Å². The van der Waals surface area contributed by atoms with Crippen LogP contribution in [0.25, 0.3) is 0 Å². The van der Waals surface area contributed by atoms with E-state index in [0.717, 1.165) is 11.6 Å². The number of nitrogens with one attached hydrogen (secondary N) is 1. The third kappa shape index (κ3) is 4.98. The van der Waals surface area contributed by atoms with Crippen molar-refractivity contribution in [2.24, 2.45) is 0 Å². The molecule has 0 aliphatic heterocycles. The maximum Gasteiger partial charge on any atom is 0.342 e. The first-order chi connectivity index (χ1) is 11.5. The number of hydrogen-bond donors (Lipinski definition) is 3. The fourth-order valence-corrected chi connectivity index (χ4v) is 1.95. The third-order valence-electron chi connectivity index (χ3n) is 3.18. The van der Waals surface area contributed by atoms with Gasteiger partial charge < -0.3 is 20.3 Å². The van der Waals surface area contributed by atoms with Crippen molar-refractivity contribution in [3.8, 4) is 11.5 Å². The topological polar surface area (TPSA) is 95.9 Å². The standard InChI is InChI=1S/C17H16FNO5/c18-12-3-1-11(2-4-12)7-8-19-16(22)10-24-17(23)14-6-5-13(20)9-15(14)21/h1-6,9,20-21H,7-8,10H2,(H,19,22). The summed E-state index contributed by atoms with van der Waals surface area (Å²) in [5.74, 6) is -2.32. The maximum absolute atomic E-state index is 12.8. The van der Waals surface area contributed by atoms with Gasteiger partial charge >= 0.3 is 5.97 Å². The summed E-state index contributed by atoms with van der Waals surface area (Å²) in [7, 11) is 0. The van der Waals surface area contributed by atoms with Crippen LogP contribution in [0.4, 0.5) is 4.39 Å². The van der Waals surface area contributed by atoms with Gasteiger partial charge in [0.05, 0.1) is 0 Å². The van der Waals surface area contributed by atoms with Gasteiger partial charge in [-0.3, -0.25) is 4.79 Å². The molecule has 2 aromatic rings. The number of aromatic hydroxyl groups is 2. The van der Waals surface area contributed by atoms with Crippen molar-refractivity contribution in [1.29, 1.82) is 0 Å². The lowest BCUT2D eigenvalue weighted by atomic mass is 10.1. The molecule has 0 radical (unpaired) electrons. The number of phenols is 2. The Morgan fingerprint density at radius 3 is 2.46 bits per heavy atom. The lowest BCUT2D eigenvalue weighted by Gasteiger charge is -2.08. The molecule has 0 aromatic heterocycles. The van der Waals surface area contributed by atoms with Crippen LogP contribution in [0.2, 0.25) is 0 Å². The van der Waals surface area contributed by atoms with Gasteiger partial charge in [0.2, 0.25) is 0 Å². The molecule has 0 fully saturated rings. The predicted octanol–water partition coefficient (Wildman–Crippen LogP) is 1.75. The normalized spacial score (nSPS) is 10.2. The molecule has 0 spiro atoms. The Kier molecular flexibility index (Phi) is 5.73. The molecule has 7 heteroatoms. The molecule has 1 amide bonds. The number of carbonyl (C=O) groups excluding carboxylic acids is 2. The van der Waals surface area contributed by atoms with E-state index in [2.05, 4.69) is 5.32 Å². The van der Waals surface area contributed by atoms with Crippen molar-refractivity contribution in [3.05, 3.63) is 59.4 Å². The zero-order chi connectivity index (χ0) is 17.5. The quantitative estimate of drug-likeness (QED) is 0.700. The maximum atomic E-state index is 12.8. The van der Waals surface area contributed by atoms with Crippen LogP contribution in [0.5, 0.6) is 11.5 Å². The minimum atomic E-state index is -0.874. The second kappa shape index (κ2) is 7.96. The third-order valence-corrected chi connectivity index (χ3v) is 3.18. The van der Waals surface area contributed by atoms with Gasteiger partial charge in [-0.1, -0.05) is 12.1 Å². The summed E-state index contributed by atoms with van der Waals surface area (Å²) in [4.78, 5) is 23.3. The molecule has 0 unspecified atom stereocenters. The summed E-state index contributed by atoms with van der Waals surface area (Å²) >= 11 is 0. The smallest absolute Gasteiger partial charge is 0.342 e. The average Bonchev–Trinajstić information content (AvgIpc) is 2.54. The number of ether oxygens (including phenoxy) is 1. The summed E-state index contributed by atoms with van der Waals surface area (Å²) in [5, 5.41) is 21.2. The molecule has 0 aliphatic carbocycles. The van der Waals surface area contributed by atoms with Gasteiger partial charge in [-0.15, -0.1) is 0 Å². The largest absolute Gasteiger partial charge is 0.508 e. The molecule has 0 atom stereocenters. The number of hydrogen-bond acceptors (Lipinski definition) is 5. The molecule has 0 aliphatic rings. The Morgan fingerprint density at radius 1 is 1.08 bits per heavy atom. The van der Waals surface area contributed by atoms with Crippen LogP contribution in [-0.4, -0.2) is 35.2 Å². The van der Waals surface area contributed by atoms with E-state index in [1.807, 2.05) is 0 Å². The summed E-state index contributed by atoms with van der Waals surface area (Å²) in [6.07, 6.45) is 0.513. The fourth-order valence-electron chi connectivity index (χ4n) is 1.95. The first-order valence-electron chi connectivity index (χ1n) is 7.16. The van der Waals surface area contributed by atoms with E-state index in [9.17, 15) is 19.1 Å². The monoisotopic (exact) mass is 333 g/mol. The van der Waals surface area contributed by atoms with Crippen LogP contribution in [-0.2, 0) is 16.0 Å². The van der Waals surface area contributed by atoms with E-state index in [1.165, 1.54) is 24.3 Å². The molecular formula is C17H16FNO5. The van der Waals surface area contributed by atoms with Crippen LogP contribution < -0.4 is 5.32 Å². The number of halogens is 1. The molecule has 24 heavy (non-hydrogen) atoms. The van der Waals surface area contributed by atoms with Gasteiger partial charge in [0.25, 0.3) is 5.91 Å². The molecular weight excluding hydrogens is 317 g/mol. The van der Waals surface area contributed by atoms with Gasteiger partial charge in [-0.2, -0.15) is 0 Å². The highest BCUT2D eigenvalue weighted by molar-refractivity contribution is 5.94. The minimum Gasteiger partial charge on any atom is -0.508 e. The zero-order valence-corrected chi connectivity index (χ0v) is 12.7. The lowest BCUT2D eigenvalue weighted by molar-refractivity contribution is -0.124. The molecule has 126 valence electrons. The van der Waals surface area contributed by atoms with Crippen LogP contribution in [0, 0.1) is 5.82 Å². The predicted molar refractivity (Wildman–Crippen MR) is 83.2 cm³/mol. The molecule has 0 saturated carbocycles. The van der Waals surface area contributed by atoms with Crippen LogP contribution in [0.1, 0.15) is 15.9 Å². The number of rotatable bonds is 6. The Hall–Kier alpha value is -3.09. The molecule has 3 N–H and O–H groups in total. The van der Waals surface area contributed by atoms with E-state index < -0.39 is 24.2 Å². The summed E-state index contributed by atoms with van der Waals surface area (Å²) < 4.78 is 17.5. The highest BCUT2D eigenvalue weighted by atomic mass is 19.1. The Balaban J connectivity index is 1.74. The average molecular weight is 333 g/mol. The van der Waals surface area contributed by atoms with Gasteiger partial charge in [0.15, 0.2) is 6.61 Å². The second-order valence-electron chi connectivity index (χ2n) is 5.00. The van der Waals surface area contributed by atoms with Crippen molar-refractivity contribution < 1.29 is 28.9 Å². The number of esters is 1. The van der Waals surface area contributed by atoms with Crippen molar-refractivity contribution in [2.45, 2.75) is 6.42 Å². The van der Waals surface area contributed by atoms with Gasteiger partial charge in [-0.25, -0.2) is 9.18 Å². The van der Waals surface area contributed by atoms with Crippen molar-refractivity contribution in [1.82, 2.24) is 5.32 Å². The number of benzene rings is 2. The van der Waals surface area contributed by atoms with E-state index >= 15 is 0 Å². The van der Waals surface area contributed by atoms with E-state index in [-0.39, 0.29) is 17.1 Å². The van der Waals surface area contributed by atoms with Crippen molar-refractivity contribution in [3.63, 3.8) is 0 Å². The lowest BCUT2D eigenvalue weighted by Crippen LogP contribution is -2.30. The SMILES string of the molecule is O=C(COC(=O)c1ccc(O)cc1O)NCCc1ccc(F)cc1. The summed E-state index contributed by atoms with van der Waals surface area (Å²) in [6.45, 7) is -0.185. The highest BCUT2D eigenvalue weighted by Crippen LogP contribution is 2.23. The fraction of sp³-hybridized carbons (Fsp3) is 0.176. The second-order valence-corrected chi connectivity index (χ2v) is 5.00. The summed E-state index contributed by atoms with van der Waals surface area (Å²) in [6, 6.07) is 9.33. The van der Waals surface area contributed by atoms with Gasteiger partial charge in [-0.05, 0) is 36.2 Å². The molecule has 2 aromatic carbocycles. The Bertz CT molecular complexity index is 730.